The largest absolute Gasteiger partial charge is 0.508 e. The Morgan fingerprint density at radius 1 is 1.41 bits per heavy atom. The van der Waals surface area contributed by atoms with Gasteiger partial charge >= 0.3 is 5.97 Å². The summed E-state index contributed by atoms with van der Waals surface area (Å²) >= 11 is 0. The Hall–Kier alpha value is -1.77. The lowest BCUT2D eigenvalue weighted by Crippen LogP contribution is -2.00. The van der Waals surface area contributed by atoms with Crippen molar-refractivity contribution in [3.05, 3.63) is 41.5 Å². The Morgan fingerprint density at radius 2 is 2.12 bits per heavy atom. The van der Waals surface area contributed by atoms with E-state index in [0.29, 0.717) is 18.8 Å². The van der Waals surface area contributed by atoms with Crippen LogP contribution in [-0.4, -0.2) is 17.7 Å². The second-order valence-electron chi connectivity index (χ2n) is 3.87. The second kappa shape index (κ2) is 6.74. The first-order valence-electron chi connectivity index (χ1n) is 5.74. The van der Waals surface area contributed by atoms with Gasteiger partial charge in [0, 0.05) is 6.08 Å². The van der Waals surface area contributed by atoms with Gasteiger partial charge in [0.25, 0.3) is 0 Å². The Morgan fingerprint density at radius 3 is 2.76 bits per heavy atom. The van der Waals surface area contributed by atoms with Gasteiger partial charge in [-0.25, -0.2) is 4.79 Å². The zero-order chi connectivity index (χ0) is 12.7. The smallest absolute Gasteiger partial charge is 0.330 e. The van der Waals surface area contributed by atoms with E-state index in [1.807, 2.05) is 19.1 Å². The molecule has 0 bridgehead atoms. The predicted molar refractivity (Wildman–Crippen MR) is 66.8 cm³/mol. The van der Waals surface area contributed by atoms with Gasteiger partial charge in [-0.2, -0.15) is 0 Å². The Kier molecular flexibility index (Phi) is 5.27. The van der Waals surface area contributed by atoms with Crippen LogP contribution in [0.3, 0.4) is 0 Å². The van der Waals surface area contributed by atoms with Crippen molar-refractivity contribution in [3.63, 3.8) is 0 Å². The maximum Gasteiger partial charge on any atom is 0.330 e. The van der Waals surface area contributed by atoms with Crippen molar-refractivity contribution < 1.29 is 14.6 Å². The molecule has 1 aromatic carbocycles. The van der Waals surface area contributed by atoms with Gasteiger partial charge in [0.1, 0.15) is 5.75 Å². The number of rotatable bonds is 5. The summed E-state index contributed by atoms with van der Waals surface area (Å²) in [6.07, 6.45) is 2.95. The molecule has 1 aromatic rings. The molecule has 3 nitrogen and oxygen atoms in total. The highest BCUT2D eigenvalue weighted by molar-refractivity contribution is 5.82. The number of para-hydroxylation sites is 1. The minimum absolute atomic E-state index is 0.302. The first-order chi connectivity index (χ1) is 8.13. The number of carbonyl (C=O) groups excluding carboxylic acids is 1. The minimum Gasteiger partial charge on any atom is -0.508 e. The highest BCUT2D eigenvalue weighted by Crippen LogP contribution is 2.18. The molecular weight excluding hydrogens is 216 g/mol. The average Bonchev–Trinajstić information content (AvgIpc) is 2.28. The van der Waals surface area contributed by atoms with Crippen LogP contribution in [-0.2, 0) is 16.0 Å². The van der Waals surface area contributed by atoms with Crippen LogP contribution in [0.5, 0.6) is 5.75 Å². The summed E-state index contributed by atoms with van der Waals surface area (Å²) in [6, 6.07) is 7.23. The number of hydrogen-bond acceptors (Lipinski definition) is 3. The monoisotopic (exact) mass is 234 g/mol. The second-order valence-corrected chi connectivity index (χ2v) is 3.87. The fraction of sp³-hybridized carbons (Fsp3) is 0.357. The highest BCUT2D eigenvalue weighted by atomic mass is 16.5. The van der Waals surface area contributed by atoms with E-state index in [2.05, 4.69) is 0 Å². The maximum absolute atomic E-state index is 11.2. The summed E-state index contributed by atoms with van der Waals surface area (Å²) in [6.45, 7) is 4.06. The van der Waals surface area contributed by atoms with E-state index >= 15 is 0 Å². The van der Waals surface area contributed by atoms with Crippen molar-refractivity contribution in [2.45, 2.75) is 26.7 Å². The van der Waals surface area contributed by atoms with Gasteiger partial charge < -0.3 is 9.84 Å². The van der Waals surface area contributed by atoms with E-state index in [1.165, 1.54) is 6.08 Å². The number of hydrogen-bond donors (Lipinski definition) is 1. The van der Waals surface area contributed by atoms with Gasteiger partial charge in [-0.1, -0.05) is 23.8 Å². The molecule has 1 N–H and O–H groups in total. The van der Waals surface area contributed by atoms with Crippen molar-refractivity contribution in [1.82, 2.24) is 0 Å². The number of aromatic hydroxyl groups is 1. The lowest BCUT2D eigenvalue weighted by molar-refractivity contribution is -0.137. The third-order valence-electron chi connectivity index (χ3n) is 2.43. The Bertz CT molecular complexity index is 408. The lowest BCUT2D eigenvalue weighted by Gasteiger charge is -2.04. The van der Waals surface area contributed by atoms with Gasteiger partial charge in [0.05, 0.1) is 6.61 Å². The molecule has 0 unspecified atom stereocenters. The molecule has 0 fully saturated rings. The molecule has 3 heteroatoms. The van der Waals surface area contributed by atoms with Gasteiger partial charge in [-0.15, -0.1) is 0 Å². The molecule has 0 aromatic heterocycles. The Balaban J connectivity index is 2.51. The molecule has 0 amide bonds. The SMILES string of the molecule is CCOC(=O)/C=C(\C)CCc1ccccc1O. The number of esters is 1. The van der Waals surface area contributed by atoms with Crippen LogP contribution >= 0.6 is 0 Å². The molecule has 0 saturated heterocycles. The number of carbonyl (C=O) groups is 1. The van der Waals surface area contributed by atoms with Crippen LogP contribution in [0.25, 0.3) is 0 Å². The molecular formula is C14H18O3. The summed E-state index contributed by atoms with van der Waals surface area (Å²) in [7, 11) is 0. The zero-order valence-corrected chi connectivity index (χ0v) is 10.3. The average molecular weight is 234 g/mol. The summed E-state index contributed by atoms with van der Waals surface area (Å²) in [5.74, 6) is -0.00119. The van der Waals surface area contributed by atoms with Crippen LogP contribution < -0.4 is 0 Å². The summed E-state index contributed by atoms with van der Waals surface area (Å²) in [5.41, 5.74) is 1.84. The fourth-order valence-corrected chi connectivity index (χ4v) is 1.51. The minimum atomic E-state index is -0.303. The quantitative estimate of drug-likeness (QED) is 0.629. The molecule has 0 aliphatic heterocycles. The van der Waals surface area contributed by atoms with Crippen LogP contribution in [0.2, 0.25) is 0 Å². The summed E-state index contributed by atoms with van der Waals surface area (Å²) in [4.78, 5) is 11.2. The van der Waals surface area contributed by atoms with Crippen molar-refractivity contribution in [3.8, 4) is 5.75 Å². The van der Waals surface area contributed by atoms with E-state index in [9.17, 15) is 9.90 Å². The Labute approximate surface area is 102 Å². The third kappa shape index (κ3) is 4.72. The fourth-order valence-electron chi connectivity index (χ4n) is 1.51. The van der Waals surface area contributed by atoms with Crippen molar-refractivity contribution >= 4 is 5.97 Å². The number of phenols is 1. The molecule has 92 valence electrons. The highest BCUT2D eigenvalue weighted by Gasteiger charge is 2.02. The molecule has 17 heavy (non-hydrogen) atoms. The molecule has 0 heterocycles. The van der Waals surface area contributed by atoms with Crippen molar-refractivity contribution in [1.29, 1.82) is 0 Å². The molecule has 0 spiro atoms. The number of aryl methyl sites for hydroxylation is 1. The molecule has 0 aliphatic carbocycles. The standard InChI is InChI=1S/C14H18O3/c1-3-17-14(16)10-11(2)8-9-12-6-4-5-7-13(12)15/h4-7,10,15H,3,8-9H2,1-2H3/b11-10+. The normalized spacial score (nSPS) is 11.3. The van der Waals surface area contributed by atoms with Gasteiger partial charge in [0.15, 0.2) is 0 Å². The van der Waals surface area contributed by atoms with E-state index < -0.39 is 0 Å². The predicted octanol–water partition coefficient (Wildman–Crippen LogP) is 2.83. The molecule has 0 atom stereocenters. The zero-order valence-electron chi connectivity index (χ0n) is 10.3. The molecule has 0 saturated carbocycles. The maximum atomic E-state index is 11.2. The van der Waals surface area contributed by atoms with Crippen LogP contribution in [0, 0.1) is 0 Å². The van der Waals surface area contributed by atoms with Crippen LogP contribution in [0.15, 0.2) is 35.9 Å². The van der Waals surface area contributed by atoms with Crippen molar-refractivity contribution in [2.75, 3.05) is 6.61 Å². The number of phenolic OH excluding ortho intramolecular Hbond substituents is 1. The van der Waals surface area contributed by atoms with E-state index in [0.717, 1.165) is 17.6 Å². The topological polar surface area (TPSA) is 46.5 Å². The van der Waals surface area contributed by atoms with E-state index in [4.69, 9.17) is 4.74 Å². The van der Waals surface area contributed by atoms with E-state index in [1.54, 1.807) is 19.1 Å². The van der Waals surface area contributed by atoms with Gasteiger partial charge in [-0.05, 0) is 38.3 Å². The first-order valence-corrected chi connectivity index (χ1v) is 5.74. The van der Waals surface area contributed by atoms with Crippen LogP contribution in [0.1, 0.15) is 25.8 Å². The van der Waals surface area contributed by atoms with Gasteiger partial charge in [-0.3, -0.25) is 0 Å². The lowest BCUT2D eigenvalue weighted by atomic mass is 10.0. The summed E-state index contributed by atoms with van der Waals surface area (Å²) in [5, 5.41) is 9.58. The van der Waals surface area contributed by atoms with E-state index in [-0.39, 0.29) is 5.97 Å². The first kappa shape index (κ1) is 13.3. The molecule has 0 radical (unpaired) electrons. The molecule has 1 rings (SSSR count). The number of ether oxygens (including phenoxy) is 1. The number of benzene rings is 1. The van der Waals surface area contributed by atoms with Gasteiger partial charge in [0.2, 0.25) is 0 Å². The third-order valence-corrected chi connectivity index (χ3v) is 2.43. The van der Waals surface area contributed by atoms with Crippen molar-refractivity contribution in [2.24, 2.45) is 0 Å². The van der Waals surface area contributed by atoms with Crippen LogP contribution in [0.4, 0.5) is 0 Å². The molecule has 0 aliphatic rings. The number of allylic oxidation sites excluding steroid dienone is 1. The summed E-state index contributed by atoms with van der Waals surface area (Å²) < 4.78 is 4.82.